The van der Waals surface area contributed by atoms with Crippen LogP contribution >= 0.6 is 0 Å². The lowest BCUT2D eigenvalue weighted by Gasteiger charge is -2.07. The molecule has 0 saturated carbocycles. The average Bonchev–Trinajstić information content (AvgIpc) is 2.98. The van der Waals surface area contributed by atoms with E-state index in [0.717, 1.165) is 37.8 Å². The van der Waals surface area contributed by atoms with E-state index in [1.165, 1.54) is 0 Å². The number of rotatable bonds is 7. The Kier molecular flexibility index (Phi) is 4.15. The second-order valence-electron chi connectivity index (χ2n) is 3.55. The fourth-order valence-electron chi connectivity index (χ4n) is 1.54. The quantitative estimate of drug-likeness (QED) is 0.712. The number of ether oxygens (including phenoxy) is 1. The molecule has 2 aromatic heterocycles. The van der Waals surface area contributed by atoms with Gasteiger partial charge in [0.2, 0.25) is 5.95 Å². The molecule has 92 valence electrons. The van der Waals surface area contributed by atoms with E-state index in [4.69, 9.17) is 4.74 Å². The van der Waals surface area contributed by atoms with Crippen molar-refractivity contribution in [3.63, 3.8) is 0 Å². The molecule has 0 aliphatic carbocycles. The normalized spacial score (nSPS) is 10.6. The summed E-state index contributed by atoms with van der Waals surface area (Å²) in [4.78, 5) is 4.26. The number of imidazole rings is 1. The summed E-state index contributed by atoms with van der Waals surface area (Å²) in [6.45, 7) is 4.38. The van der Waals surface area contributed by atoms with Crippen molar-refractivity contribution < 1.29 is 4.74 Å². The Labute approximate surface area is 100 Å². The van der Waals surface area contributed by atoms with Gasteiger partial charge in [-0.15, -0.1) is 0 Å². The highest BCUT2D eigenvalue weighted by Crippen LogP contribution is 2.12. The Bertz CT molecular complexity index is 423. The molecule has 0 aliphatic rings. The molecule has 0 fully saturated rings. The zero-order chi connectivity index (χ0) is 11.9. The van der Waals surface area contributed by atoms with E-state index in [2.05, 4.69) is 20.5 Å². The summed E-state index contributed by atoms with van der Waals surface area (Å²) in [5, 5.41) is 9.97. The third-order valence-corrected chi connectivity index (χ3v) is 2.36. The Morgan fingerprint density at radius 2 is 2.47 bits per heavy atom. The van der Waals surface area contributed by atoms with Crippen LogP contribution in [0, 0.1) is 0 Å². The van der Waals surface area contributed by atoms with Crippen LogP contribution in [0.4, 0.5) is 5.95 Å². The predicted molar refractivity (Wildman–Crippen MR) is 65.3 cm³/mol. The van der Waals surface area contributed by atoms with Crippen LogP contribution in [0.2, 0.25) is 0 Å². The largest absolute Gasteiger partial charge is 0.382 e. The number of aromatic amines is 1. The van der Waals surface area contributed by atoms with Crippen LogP contribution in [0.1, 0.15) is 13.3 Å². The van der Waals surface area contributed by atoms with Crippen molar-refractivity contribution in [2.45, 2.75) is 13.3 Å². The third kappa shape index (κ3) is 3.07. The van der Waals surface area contributed by atoms with Crippen LogP contribution in [-0.4, -0.2) is 39.5 Å². The summed E-state index contributed by atoms with van der Waals surface area (Å²) >= 11 is 0. The molecule has 0 unspecified atom stereocenters. The van der Waals surface area contributed by atoms with Gasteiger partial charge in [0.1, 0.15) is 0 Å². The van der Waals surface area contributed by atoms with Gasteiger partial charge in [-0.1, -0.05) is 0 Å². The minimum Gasteiger partial charge on any atom is -0.382 e. The molecule has 0 amide bonds. The maximum absolute atomic E-state index is 5.27. The summed E-state index contributed by atoms with van der Waals surface area (Å²) in [5.74, 6) is 0.822. The summed E-state index contributed by atoms with van der Waals surface area (Å²) in [7, 11) is 0. The van der Waals surface area contributed by atoms with E-state index in [1.807, 2.05) is 23.9 Å². The van der Waals surface area contributed by atoms with E-state index in [0.29, 0.717) is 0 Å². The number of nitrogens with one attached hydrogen (secondary N) is 2. The highest BCUT2D eigenvalue weighted by molar-refractivity contribution is 5.38. The summed E-state index contributed by atoms with van der Waals surface area (Å²) < 4.78 is 7.22. The Balaban J connectivity index is 1.87. The number of hydrogen-bond donors (Lipinski definition) is 2. The van der Waals surface area contributed by atoms with Gasteiger partial charge >= 0.3 is 0 Å². The molecule has 0 aliphatic heterocycles. The van der Waals surface area contributed by atoms with Crippen molar-refractivity contribution in [2.75, 3.05) is 25.1 Å². The molecule has 0 spiro atoms. The second-order valence-corrected chi connectivity index (χ2v) is 3.55. The van der Waals surface area contributed by atoms with Crippen molar-refractivity contribution in [2.24, 2.45) is 0 Å². The van der Waals surface area contributed by atoms with E-state index < -0.39 is 0 Å². The van der Waals surface area contributed by atoms with E-state index in [9.17, 15) is 0 Å². The number of anilines is 1. The maximum atomic E-state index is 5.27. The Hall–Kier alpha value is -1.82. The van der Waals surface area contributed by atoms with Crippen LogP contribution in [0.3, 0.4) is 0 Å². The van der Waals surface area contributed by atoms with E-state index in [1.54, 1.807) is 12.4 Å². The average molecular weight is 235 g/mol. The maximum Gasteiger partial charge on any atom is 0.207 e. The molecule has 0 saturated heterocycles. The van der Waals surface area contributed by atoms with Gasteiger partial charge in [0.15, 0.2) is 0 Å². The SMILES string of the molecule is CCOCCCNc1nccn1-c1cn[nH]c1. The molecule has 2 N–H and O–H groups in total. The lowest BCUT2D eigenvalue weighted by atomic mass is 10.4. The summed E-state index contributed by atoms with van der Waals surface area (Å²) in [5.41, 5.74) is 0.967. The Morgan fingerprint density at radius 3 is 3.24 bits per heavy atom. The highest BCUT2D eigenvalue weighted by Gasteiger charge is 2.04. The molecule has 0 atom stereocenters. The zero-order valence-corrected chi connectivity index (χ0v) is 9.89. The first kappa shape index (κ1) is 11.7. The van der Waals surface area contributed by atoms with Crippen LogP contribution in [-0.2, 0) is 4.74 Å². The van der Waals surface area contributed by atoms with Gasteiger partial charge in [-0.05, 0) is 13.3 Å². The van der Waals surface area contributed by atoms with Crippen molar-refractivity contribution in [3.8, 4) is 5.69 Å². The van der Waals surface area contributed by atoms with Crippen molar-refractivity contribution in [3.05, 3.63) is 24.8 Å². The molecule has 0 bridgehead atoms. The summed E-state index contributed by atoms with van der Waals surface area (Å²) in [6.07, 6.45) is 8.21. The zero-order valence-electron chi connectivity index (χ0n) is 9.89. The number of nitrogens with zero attached hydrogens (tertiary/aromatic N) is 3. The van der Waals surface area contributed by atoms with Crippen LogP contribution in [0.15, 0.2) is 24.8 Å². The van der Waals surface area contributed by atoms with Crippen LogP contribution in [0.25, 0.3) is 5.69 Å². The monoisotopic (exact) mass is 235 g/mol. The molecule has 2 heterocycles. The van der Waals surface area contributed by atoms with Crippen LogP contribution < -0.4 is 5.32 Å². The van der Waals surface area contributed by atoms with E-state index in [-0.39, 0.29) is 0 Å². The molecular formula is C11H17N5O. The first-order valence-electron chi connectivity index (χ1n) is 5.76. The van der Waals surface area contributed by atoms with Gasteiger partial charge in [-0.3, -0.25) is 9.67 Å². The molecule has 6 nitrogen and oxygen atoms in total. The lowest BCUT2D eigenvalue weighted by molar-refractivity contribution is 0.147. The second kappa shape index (κ2) is 6.05. The fraction of sp³-hybridized carbons (Fsp3) is 0.455. The topological polar surface area (TPSA) is 67.8 Å². The smallest absolute Gasteiger partial charge is 0.207 e. The van der Waals surface area contributed by atoms with Crippen molar-refractivity contribution in [1.29, 1.82) is 0 Å². The molecule has 2 aromatic rings. The first-order chi connectivity index (χ1) is 8.42. The summed E-state index contributed by atoms with van der Waals surface area (Å²) in [6, 6.07) is 0. The lowest BCUT2D eigenvalue weighted by Crippen LogP contribution is -2.09. The van der Waals surface area contributed by atoms with Crippen molar-refractivity contribution >= 4 is 5.95 Å². The van der Waals surface area contributed by atoms with E-state index >= 15 is 0 Å². The van der Waals surface area contributed by atoms with Crippen LogP contribution in [0.5, 0.6) is 0 Å². The molecule has 17 heavy (non-hydrogen) atoms. The van der Waals surface area contributed by atoms with Gasteiger partial charge in [-0.25, -0.2) is 4.98 Å². The van der Waals surface area contributed by atoms with Gasteiger partial charge in [-0.2, -0.15) is 5.10 Å². The van der Waals surface area contributed by atoms with Gasteiger partial charge < -0.3 is 10.1 Å². The molecule has 0 aromatic carbocycles. The van der Waals surface area contributed by atoms with Gasteiger partial charge in [0.25, 0.3) is 0 Å². The van der Waals surface area contributed by atoms with Gasteiger partial charge in [0, 0.05) is 38.3 Å². The molecular weight excluding hydrogens is 218 g/mol. The minimum atomic E-state index is 0.768. The van der Waals surface area contributed by atoms with Gasteiger partial charge in [0.05, 0.1) is 11.9 Å². The first-order valence-corrected chi connectivity index (χ1v) is 5.76. The minimum absolute atomic E-state index is 0.768. The molecule has 2 rings (SSSR count). The number of hydrogen-bond acceptors (Lipinski definition) is 4. The highest BCUT2D eigenvalue weighted by atomic mass is 16.5. The predicted octanol–water partition coefficient (Wildman–Crippen LogP) is 1.43. The Morgan fingerprint density at radius 1 is 1.53 bits per heavy atom. The van der Waals surface area contributed by atoms with Crippen molar-refractivity contribution in [1.82, 2.24) is 19.7 Å². The third-order valence-electron chi connectivity index (χ3n) is 2.36. The molecule has 6 heteroatoms. The fourth-order valence-corrected chi connectivity index (χ4v) is 1.54. The number of H-pyrrole nitrogens is 1. The standard InChI is InChI=1S/C11H17N5O/c1-2-17-7-3-4-12-11-13-5-6-16(11)10-8-14-15-9-10/h5-6,8-9H,2-4,7H2,1H3,(H,12,13)(H,14,15). The number of aromatic nitrogens is 4. The molecule has 0 radical (unpaired) electrons.